The third kappa shape index (κ3) is 4.78. The van der Waals surface area contributed by atoms with E-state index < -0.39 is 23.8 Å². The summed E-state index contributed by atoms with van der Waals surface area (Å²) in [6.45, 7) is 0.844. The first-order chi connectivity index (χ1) is 19.8. The SMILES string of the molecule is O=C1Nc2ccccc2C(c2ccccc2)=N[C@@H]1Nc1nnc(-c2ncc(C(F)(F)F)cc2N2CC3CC(C2)O3)o1. The molecule has 3 atom stereocenters. The minimum Gasteiger partial charge on any atom is -0.402 e. The lowest BCUT2D eigenvalue weighted by molar-refractivity contribution is -0.138. The molecule has 208 valence electrons. The third-order valence-electron chi connectivity index (χ3n) is 7.18. The Kier molecular flexibility index (Phi) is 5.96. The van der Waals surface area contributed by atoms with E-state index in [0.29, 0.717) is 24.5 Å². The molecule has 1 amide bonds. The number of alkyl halides is 3. The predicted octanol–water partition coefficient (Wildman–Crippen LogP) is 4.36. The van der Waals surface area contributed by atoms with Gasteiger partial charge in [0, 0.05) is 36.8 Å². The number of halogens is 3. The minimum atomic E-state index is -4.57. The van der Waals surface area contributed by atoms with E-state index in [1.54, 1.807) is 11.0 Å². The summed E-state index contributed by atoms with van der Waals surface area (Å²) in [5.41, 5.74) is 2.16. The van der Waals surface area contributed by atoms with Crippen LogP contribution in [-0.2, 0) is 15.7 Å². The van der Waals surface area contributed by atoms with Crippen LogP contribution < -0.4 is 15.5 Å². The Labute approximate surface area is 231 Å². The van der Waals surface area contributed by atoms with Crippen LogP contribution in [0, 0.1) is 0 Å². The molecule has 10 nitrogen and oxygen atoms in total. The number of carbonyl (C=O) groups excluding carboxylic acids is 1. The van der Waals surface area contributed by atoms with E-state index >= 15 is 0 Å². The first kappa shape index (κ1) is 25.2. The average molecular weight is 562 g/mol. The van der Waals surface area contributed by atoms with Gasteiger partial charge in [-0.25, -0.2) is 9.98 Å². The Morgan fingerprint density at radius 3 is 2.49 bits per heavy atom. The molecule has 8 rings (SSSR count). The second-order valence-corrected chi connectivity index (χ2v) is 9.95. The molecule has 0 aliphatic carbocycles. The molecule has 2 unspecified atom stereocenters. The summed E-state index contributed by atoms with van der Waals surface area (Å²) in [5.74, 6) is -0.551. The second kappa shape index (κ2) is 9.70. The second-order valence-electron chi connectivity index (χ2n) is 9.95. The number of aliphatic imine (C=N–C) groups is 1. The number of benzodiazepines with no additional fused rings is 1. The lowest BCUT2D eigenvalue weighted by atomic mass is 9.97. The zero-order valence-electron chi connectivity index (χ0n) is 21.3. The van der Waals surface area contributed by atoms with E-state index in [2.05, 4.69) is 25.8 Å². The number of nitrogens with zero attached hydrogens (tertiary/aromatic N) is 5. The number of piperidine rings is 1. The summed E-state index contributed by atoms with van der Waals surface area (Å²) in [4.78, 5) is 23.7. The van der Waals surface area contributed by atoms with Gasteiger partial charge in [-0.2, -0.15) is 13.2 Å². The molecule has 13 heteroatoms. The number of hydrogen-bond acceptors (Lipinski definition) is 9. The molecule has 4 aliphatic heterocycles. The van der Waals surface area contributed by atoms with Crippen LogP contribution in [0.15, 0.2) is 76.3 Å². The van der Waals surface area contributed by atoms with Crippen molar-refractivity contribution >= 4 is 29.0 Å². The molecule has 0 saturated carbocycles. The molecule has 3 saturated heterocycles. The number of carbonyl (C=O) groups is 1. The quantitative estimate of drug-likeness (QED) is 0.369. The van der Waals surface area contributed by atoms with Crippen molar-refractivity contribution in [3.05, 3.63) is 83.6 Å². The molecule has 41 heavy (non-hydrogen) atoms. The van der Waals surface area contributed by atoms with Crippen molar-refractivity contribution in [2.45, 2.75) is 31.0 Å². The van der Waals surface area contributed by atoms with Crippen LogP contribution in [0.5, 0.6) is 0 Å². The van der Waals surface area contributed by atoms with Crippen molar-refractivity contribution in [2.24, 2.45) is 4.99 Å². The van der Waals surface area contributed by atoms with Gasteiger partial charge in [0.05, 0.1) is 34.9 Å². The van der Waals surface area contributed by atoms with Gasteiger partial charge in [0.25, 0.3) is 11.8 Å². The van der Waals surface area contributed by atoms with Crippen LogP contribution in [0.3, 0.4) is 0 Å². The van der Waals surface area contributed by atoms with Crippen molar-refractivity contribution in [3.63, 3.8) is 0 Å². The minimum absolute atomic E-state index is 0.0504. The smallest absolute Gasteiger partial charge is 0.402 e. The van der Waals surface area contributed by atoms with Gasteiger partial charge in [-0.1, -0.05) is 53.6 Å². The summed E-state index contributed by atoms with van der Waals surface area (Å²) < 4.78 is 52.1. The number of pyridine rings is 1. The molecular weight excluding hydrogens is 539 g/mol. The summed E-state index contributed by atoms with van der Waals surface area (Å²) in [6, 6.07) is 17.6. The van der Waals surface area contributed by atoms with Gasteiger partial charge in [-0.15, -0.1) is 5.10 Å². The van der Waals surface area contributed by atoms with Crippen LogP contribution in [0.2, 0.25) is 0 Å². The summed E-state index contributed by atoms with van der Waals surface area (Å²) in [6.07, 6.45) is -4.21. The molecule has 0 radical (unpaired) electrons. The number of nitrogens with one attached hydrogen (secondary N) is 2. The highest BCUT2D eigenvalue weighted by atomic mass is 19.4. The first-order valence-electron chi connectivity index (χ1n) is 12.9. The van der Waals surface area contributed by atoms with Crippen molar-refractivity contribution in [2.75, 3.05) is 28.6 Å². The van der Waals surface area contributed by atoms with Gasteiger partial charge in [0.15, 0.2) is 5.69 Å². The van der Waals surface area contributed by atoms with Crippen molar-refractivity contribution in [3.8, 4) is 11.6 Å². The topological polar surface area (TPSA) is 118 Å². The Balaban J connectivity index is 1.22. The molecule has 2 aromatic carbocycles. The summed E-state index contributed by atoms with van der Waals surface area (Å²) >= 11 is 0. The van der Waals surface area contributed by atoms with Crippen LogP contribution in [-0.4, -0.2) is 58.3 Å². The summed E-state index contributed by atoms with van der Waals surface area (Å²) in [5, 5.41) is 13.8. The fraction of sp³-hybridized carbons (Fsp3) is 0.250. The highest BCUT2D eigenvalue weighted by Gasteiger charge is 2.41. The highest BCUT2D eigenvalue weighted by Crippen LogP contribution is 2.39. The number of aromatic nitrogens is 3. The zero-order valence-corrected chi connectivity index (χ0v) is 21.3. The highest BCUT2D eigenvalue weighted by molar-refractivity contribution is 6.19. The number of benzene rings is 2. The maximum Gasteiger partial charge on any atom is 0.417 e. The third-order valence-corrected chi connectivity index (χ3v) is 7.18. The van der Waals surface area contributed by atoms with Gasteiger partial charge in [-0.05, 0) is 12.1 Å². The molecule has 3 fully saturated rings. The van der Waals surface area contributed by atoms with Gasteiger partial charge in [0.2, 0.25) is 6.17 Å². The van der Waals surface area contributed by atoms with Crippen LogP contribution in [0.4, 0.5) is 30.6 Å². The standard InChI is InChI=1S/C28H22F3N7O3/c29-28(30,31)16-10-21(38-13-17-11-18(14-38)40-17)23(32-12-16)26-36-37-27(41-26)35-24-25(39)33-20-9-5-4-8-19(20)22(34-24)15-6-2-1-3-7-15/h1-10,12,17-18,24H,11,13-14H2,(H,33,39)(H,35,37)/t17?,18?,24-/m1/s1. The van der Waals surface area contributed by atoms with Crippen molar-refractivity contribution < 1.29 is 27.1 Å². The number of morpholine rings is 1. The molecule has 2 aromatic heterocycles. The molecule has 0 spiro atoms. The monoisotopic (exact) mass is 561 g/mol. The van der Waals surface area contributed by atoms with Gasteiger partial charge in [0.1, 0.15) is 0 Å². The van der Waals surface area contributed by atoms with E-state index in [1.807, 2.05) is 48.5 Å². The fourth-order valence-electron chi connectivity index (χ4n) is 5.24. The Morgan fingerprint density at radius 1 is 1.00 bits per heavy atom. The number of fused-ring (bicyclic) bond motifs is 3. The number of anilines is 3. The fourth-order valence-corrected chi connectivity index (χ4v) is 5.24. The van der Waals surface area contributed by atoms with E-state index in [9.17, 15) is 18.0 Å². The number of hydrogen-bond donors (Lipinski definition) is 2. The molecule has 6 heterocycles. The Bertz CT molecular complexity index is 1640. The largest absolute Gasteiger partial charge is 0.417 e. The Morgan fingerprint density at radius 2 is 1.73 bits per heavy atom. The molecule has 2 N–H and O–H groups in total. The van der Waals surface area contributed by atoms with E-state index in [-0.39, 0.29) is 35.5 Å². The van der Waals surface area contributed by atoms with Crippen LogP contribution in [0.1, 0.15) is 23.1 Å². The van der Waals surface area contributed by atoms with Crippen molar-refractivity contribution in [1.29, 1.82) is 0 Å². The Hall–Kier alpha value is -4.78. The summed E-state index contributed by atoms with van der Waals surface area (Å²) in [7, 11) is 0. The number of para-hydroxylation sites is 1. The van der Waals surface area contributed by atoms with Gasteiger partial charge in [-0.3, -0.25) is 4.79 Å². The number of amides is 1. The van der Waals surface area contributed by atoms with E-state index in [0.717, 1.165) is 29.8 Å². The molecule has 4 aromatic rings. The van der Waals surface area contributed by atoms with Crippen molar-refractivity contribution in [1.82, 2.24) is 15.2 Å². The molecule has 2 bridgehead atoms. The van der Waals surface area contributed by atoms with E-state index in [4.69, 9.17) is 14.1 Å². The maximum absolute atomic E-state index is 13.5. The zero-order chi connectivity index (χ0) is 28.1. The maximum atomic E-state index is 13.5. The van der Waals surface area contributed by atoms with Gasteiger partial charge < -0.3 is 24.7 Å². The van der Waals surface area contributed by atoms with E-state index in [1.165, 1.54) is 0 Å². The predicted molar refractivity (Wildman–Crippen MR) is 143 cm³/mol. The van der Waals surface area contributed by atoms with Crippen LogP contribution in [0.25, 0.3) is 11.6 Å². The van der Waals surface area contributed by atoms with Crippen LogP contribution >= 0.6 is 0 Å². The molecule has 4 aliphatic rings. The number of ether oxygens (including phenoxy) is 1. The first-order valence-corrected chi connectivity index (χ1v) is 12.9. The average Bonchev–Trinajstić information content (AvgIpc) is 3.38. The lowest BCUT2D eigenvalue weighted by Gasteiger charge is -2.48. The lowest BCUT2D eigenvalue weighted by Crippen LogP contribution is -2.57. The number of rotatable bonds is 5. The normalized spacial score (nSPS) is 21.7. The molecular formula is C28H22F3N7O3. The van der Waals surface area contributed by atoms with Gasteiger partial charge >= 0.3 is 12.2 Å².